The molecular formula is C49H66ClFN2O2. The zero-order valence-electron chi connectivity index (χ0n) is 35.0. The molecule has 0 aliphatic carbocycles. The molecule has 0 radical (unpaired) electrons. The summed E-state index contributed by atoms with van der Waals surface area (Å²) in [6.07, 6.45) is 7.82. The third kappa shape index (κ3) is 10.1. The van der Waals surface area contributed by atoms with E-state index in [9.17, 15) is 9.90 Å². The molecule has 55 heavy (non-hydrogen) atoms. The fraction of sp³-hybridized carbons (Fsp3) is 0.449. The van der Waals surface area contributed by atoms with Crippen LogP contribution >= 0.6 is 11.6 Å². The largest absolute Gasteiger partial charge is 0.508 e. The predicted molar refractivity (Wildman–Crippen MR) is 235 cm³/mol. The molecule has 2 aliphatic heterocycles. The highest BCUT2D eigenvalue weighted by molar-refractivity contribution is 6.31. The first-order valence-corrected chi connectivity index (χ1v) is 21.3. The Balaban J connectivity index is 0.000000658. The van der Waals surface area contributed by atoms with Crippen molar-refractivity contribution >= 4 is 33.9 Å². The molecule has 0 saturated carbocycles. The van der Waals surface area contributed by atoms with Crippen molar-refractivity contribution in [3.63, 3.8) is 0 Å². The minimum Gasteiger partial charge on any atom is -0.508 e. The number of carbonyl (C=O) groups is 1. The summed E-state index contributed by atoms with van der Waals surface area (Å²) in [6.45, 7) is 24.5. The second kappa shape index (κ2) is 22.0. The number of phenolic OH excluding ortho intramolecular Hbond substituents is 1. The Bertz CT molecular complexity index is 1910. The monoisotopic (exact) mass is 768 g/mol. The van der Waals surface area contributed by atoms with E-state index in [-0.39, 0.29) is 17.5 Å². The van der Waals surface area contributed by atoms with Gasteiger partial charge in [0.05, 0.1) is 5.41 Å². The van der Waals surface area contributed by atoms with Crippen LogP contribution in [0, 0.1) is 17.2 Å². The van der Waals surface area contributed by atoms with Crippen molar-refractivity contribution < 1.29 is 14.3 Å². The molecule has 1 atom stereocenters. The maximum absolute atomic E-state index is 17.6. The molecule has 1 fully saturated rings. The molecule has 1 amide bonds. The minimum absolute atomic E-state index is 0.0529. The number of hydrogen-bond donors (Lipinski definition) is 3. The van der Waals surface area contributed by atoms with Gasteiger partial charge in [-0.25, -0.2) is 4.39 Å². The first-order valence-electron chi connectivity index (χ1n) is 20.9. The maximum Gasteiger partial charge on any atom is 0.236 e. The van der Waals surface area contributed by atoms with E-state index in [1.165, 1.54) is 19.3 Å². The highest BCUT2D eigenvalue weighted by Gasteiger charge is 2.50. The van der Waals surface area contributed by atoms with Gasteiger partial charge in [-0.2, -0.15) is 0 Å². The number of phenols is 1. The lowest BCUT2D eigenvalue weighted by Crippen LogP contribution is -2.46. The topological polar surface area (TPSA) is 61.4 Å². The lowest BCUT2D eigenvalue weighted by molar-refractivity contribution is -0.126. The van der Waals surface area contributed by atoms with Crippen LogP contribution in [0.4, 0.5) is 4.39 Å². The van der Waals surface area contributed by atoms with Gasteiger partial charge in [0.1, 0.15) is 11.6 Å². The quantitative estimate of drug-likeness (QED) is 0.142. The van der Waals surface area contributed by atoms with E-state index in [1.54, 1.807) is 12.1 Å². The standard InChI is InChI=1S/C38H38ClFN2O2.C7H16.2C2H6/c1-4-11-29-31(34-36(23(3)5-2)42-37(44)38(34)16-10-17-41-22-38)20-26(18-25-13-7-9-15-32(25)39)33(35(29)40)30-21-27(43)19-24-12-6-8-14-28(24)30;1-4-7(5-2)6-3;2*1-2/h6-9,12-15,19-21,41,43H,3-5,10-11,16-18,22H2,1-2H3,(H,42,44);7H,4-6H2,1-3H3;2*1-2H3. The number of nitrogens with one attached hydrogen (secondary N) is 2. The number of rotatable bonds is 11. The Kier molecular flexibility index (Phi) is 18.2. The molecule has 298 valence electrons. The molecule has 1 saturated heterocycles. The van der Waals surface area contributed by atoms with Crippen molar-refractivity contribution in [2.45, 2.75) is 120 Å². The van der Waals surface area contributed by atoms with E-state index in [0.717, 1.165) is 69.6 Å². The molecule has 0 aromatic heterocycles. The second-order valence-electron chi connectivity index (χ2n) is 14.1. The summed E-state index contributed by atoms with van der Waals surface area (Å²) in [7, 11) is 0. The summed E-state index contributed by atoms with van der Waals surface area (Å²) in [4.78, 5) is 13.8. The van der Waals surface area contributed by atoms with Crippen LogP contribution in [0.5, 0.6) is 5.75 Å². The van der Waals surface area contributed by atoms with Crippen molar-refractivity contribution in [2.75, 3.05) is 13.1 Å². The van der Waals surface area contributed by atoms with Gasteiger partial charge in [-0.3, -0.25) is 4.79 Å². The van der Waals surface area contributed by atoms with Gasteiger partial charge in [-0.15, -0.1) is 0 Å². The van der Waals surface area contributed by atoms with Crippen molar-refractivity contribution in [1.29, 1.82) is 0 Å². The average molecular weight is 770 g/mol. The first kappa shape index (κ1) is 45.5. The molecule has 1 unspecified atom stereocenters. The molecule has 2 aliphatic rings. The van der Waals surface area contributed by atoms with Gasteiger partial charge in [0.2, 0.25) is 5.91 Å². The molecule has 4 aromatic rings. The van der Waals surface area contributed by atoms with Gasteiger partial charge in [-0.1, -0.05) is 149 Å². The summed E-state index contributed by atoms with van der Waals surface area (Å²) in [6, 6.07) is 20.8. The third-order valence-corrected chi connectivity index (χ3v) is 11.3. The van der Waals surface area contributed by atoms with E-state index in [2.05, 4.69) is 44.1 Å². The summed E-state index contributed by atoms with van der Waals surface area (Å²) >= 11 is 6.68. The predicted octanol–water partition coefficient (Wildman–Crippen LogP) is 13.6. The van der Waals surface area contributed by atoms with E-state index in [4.69, 9.17) is 11.6 Å². The van der Waals surface area contributed by atoms with Crippen LogP contribution in [-0.4, -0.2) is 24.1 Å². The van der Waals surface area contributed by atoms with E-state index < -0.39 is 5.41 Å². The van der Waals surface area contributed by atoms with Crippen LogP contribution in [0.3, 0.4) is 0 Å². The summed E-state index contributed by atoms with van der Waals surface area (Å²) in [5.41, 5.74) is 5.61. The molecule has 6 heteroatoms. The van der Waals surface area contributed by atoms with Crippen LogP contribution in [0.15, 0.2) is 84.6 Å². The minimum atomic E-state index is -0.818. The zero-order valence-corrected chi connectivity index (χ0v) is 35.8. The average Bonchev–Trinajstić information content (AvgIpc) is 3.48. The second-order valence-corrected chi connectivity index (χ2v) is 14.5. The fourth-order valence-corrected chi connectivity index (χ4v) is 8.10. The Morgan fingerprint density at radius 2 is 1.56 bits per heavy atom. The Morgan fingerprint density at radius 1 is 0.909 bits per heavy atom. The Morgan fingerprint density at radius 3 is 2.15 bits per heavy atom. The smallest absolute Gasteiger partial charge is 0.236 e. The van der Waals surface area contributed by atoms with Gasteiger partial charge in [0, 0.05) is 28.4 Å². The molecule has 6 rings (SSSR count). The van der Waals surface area contributed by atoms with Crippen LogP contribution in [0.1, 0.15) is 130 Å². The lowest BCUT2D eigenvalue weighted by Gasteiger charge is -2.35. The summed E-state index contributed by atoms with van der Waals surface area (Å²) < 4.78 is 17.6. The van der Waals surface area contributed by atoms with Crippen molar-refractivity contribution in [3.05, 3.63) is 118 Å². The molecule has 1 spiro atoms. The van der Waals surface area contributed by atoms with Gasteiger partial charge >= 0.3 is 0 Å². The molecular weight excluding hydrogens is 703 g/mol. The van der Waals surface area contributed by atoms with E-state index in [1.807, 2.05) is 90.1 Å². The van der Waals surface area contributed by atoms with Gasteiger partial charge in [-0.05, 0) is 113 Å². The number of benzene rings is 4. The van der Waals surface area contributed by atoms with Crippen molar-refractivity contribution in [1.82, 2.24) is 10.6 Å². The number of piperidine rings is 1. The Labute approximate surface area is 336 Å². The third-order valence-electron chi connectivity index (χ3n) is 11.0. The molecule has 0 bridgehead atoms. The van der Waals surface area contributed by atoms with Crippen LogP contribution in [0.2, 0.25) is 5.02 Å². The number of amides is 1. The number of carbonyl (C=O) groups excluding carboxylic acids is 1. The van der Waals surface area contributed by atoms with E-state index >= 15 is 4.39 Å². The number of halogens is 2. The van der Waals surface area contributed by atoms with Crippen LogP contribution in [-0.2, 0) is 17.6 Å². The van der Waals surface area contributed by atoms with Crippen molar-refractivity contribution in [2.24, 2.45) is 11.3 Å². The lowest BCUT2D eigenvalue weighted by atomic mass is 9.70. The molecule has 2 heterocycles. The number of fused-ring (bicyclic) bond motifs is 1. The number of allylic oxidation sites excluding steroid dienone is 1. The van der Waals surface area contributed by atoms with Crippen LogP contribution < -0.4 is 10.6 Å². The zero-order chi connectivity index (χ0) is 40.7. The normalized spacial score (nSPS) is 16.2. The highest BCUT2D eigenvalue weighted by atomic mass is 35.5. The number of hydrogen-bond acceptors (Lipinski definition) is 3. The summed E-state index contributed by atoms with van der Waals surface area (Å²) in [5.74, 6) is 0.683. The molecule has 4 aromatic carbocycles. The highest BCUT2D eigenvalue weighted by Crippen LogP contribution is 2.51. The van der Waals surface area contributed by atoms with Gasteiger partial charge < -0.3 is 15.7 Å². The van der Waals surface area contributed by atoms with Gasteiger partial charge in [0.25, 0.3) is 0 Å². The van der Waals surface area contributed by atoms with Crippen LogP contribution in [0.25, 0.3) is 27.5 Å². The first-order chi connectivity index (χ1) is 26.6. The summed E-state index contributed by atoms with van der Waals surface area (Å²) in [5, 5.41) is 19.7. The maximum atomic E-state index is 17.6. The molecule has 4 nitrogen and oxygen atoms in total. The molecule has 3 N–H and O–H groups in total. The van der Waals surface area contributed by atoms with E-state index in [0.29, 0.717) is 53.9 Å². The number of aromatic hydroxyl groups is 1. The fourth-order valence-electron chi connectivity index (χ4n) is 7.90. The Hall–Kier alpha value is -3.93. The van der Waals surface area contributed by atoms with Crippen molar-refractivity contribution in [3.8, 4) is 16.9 Å². The van der Waals surface area contributed by atoms with Gasteiger partial charge in [0.15, 0.2) is 0 Å². The SMILES string of the molecule is C=C(CC)C1=C(c2cc(Cc3ccccc3Cl)c(-c3cc(O)cc4ccccc34)c(F)c2CCC)C2(CCCNC2)C(=O)N1.CC.CC.CCC(CC)CC.